The van der Waals surface area contributed by atoms with Crippen LogP contribution in [0.2, 0.25) is 0 Å². The number of hydrogen-bond acceptors (Lipinski definition) is 7. The highest BCUT2D eigenvalue weighted by molar-refractivity contribution is 5.87. The number of aryl methyl sites for hydroxylation is 3. The fourth-order valence-electron chi connectivity index (χ4n) is 3.21. The molecule has 25 heavy (non-hydrogen) atoms. The smallest absolute Gasteiger partial charge is 0.232 e. The molecule has 0 aliphatic carbocycles. The lowest BCUT2D eigenvalue weighted by molar-refractivity contribution is 0.163. The first-order valence-corrected chi connectivity index (χ1v) is 8.47. The molecule has 0 amide bonds. The highest BCUT2D eigenvalue weighted by Gasteiger charge is 2.24. The quantitative estimate of drug-likeness (QED) is 0.720. The van der Waals surface area contributed by atoms with Crippen LogP contribution in [-0.4, -0.2) is 48.9 Å². The maximum absolute atomic E-state index is 5.99. The number of piperidine rings is 1. The van der Waals surface area contributed by atoms with Gasteiger partial charge in [0, 0.05) is 39.2 Å². The summed E-state index contributed by atoms with van der Waals surface area (Å²) in [7, 11) is 1.90. The van der Waals surface area contributed by atoms with Crippen molar-refractivity contribution in [1.29, 1.82) is 0 Å². The van der Waals surface area contributed by atoms with Gasteiger partial charge in [-0.2, -0.15) is 5.10 Å². The molecule has 8 heteroatoms. The van der Waals surface area contributed by atoms with Gasteiger partial charge in [0.25, 0.3) is 0 Å². The number of fused-ring (bicyclic) bond motifs is 1. The Morgan fingerprint density at radius 1 is 1.04 bits per heavy atom. The third kappa shape index (κ3) is 3.11. The third-order valence-electron chi connectivity index (χ3n) is 4.45. The Balaban J connectivity index is 1.49. The van der Waals surface area contributed by atoms with E-state index in [1.165, 1.54) is 0 Å². The highest BCUT2D eigenvalue weighted by atomic mass is 16.5. The minimum Gasteiger partial charge on any atom is -0.473 e. The van der Waals surface area contributed by atoms with Crippen LogP contribution in [0.1, 0.15) is 24.4 Å². The summed E-state index contributed by atoms with van der Waals surface area (Å²) in [5.41, 5.74) is 1.74. The zero-order chi connectivity index (χ0) is 17.4. The molecule has 3 aromatic heterocycles. The summed E-state index contributed by atoms with van der Waals surface area (Å²) < 4.78 is 7.78. The second-order valence-electron chi connectivity index (χ2n) is 6.40. The number of hydrogen-bond donors (Lipinski definition) is 0. The molecule has 0 radical (unpaired) electrons. The lowest BCUT2D eigenvalue weighted by atomic mass is 10.1. The van der Waals surface area contributed by atoms with Gasteiger partial charge in [-0.05, 0) is 13.8 Å². The standard InChI is InChI=1S/C17H21N7O/c1-11-8-18-10-15(20-11)25-13-4-6-24(7-5-13)17-14-9-19-23(3)16(14)21-12(2)22-17/h8-10,13H,4-7H2,1-3H3. The van der Waals surface area contributed by atoms with Gasteiger partial charge >= 0.3 is 0 Å². The van der Waals surface area contributed by atoms with Crippen LogP contribution >= 0.6 is 0 Å². The monoisotopic (exact) mass is 339 g/mol. The third-order valence-corrected chi connectivity index (χ3v) is 4.45. The Morgan fingerprint density at radius 3 is 2.60 bits per heavy atom. The summed E-state index contributed by atoms with van der Waals surface area (Å²) in [4.78, 5) is 19.9. The van der Waals surface area contributed by atoms with Crippen molar-refractivity contribution >= 4 is 16.9 Å². The Hall–Kier alpha value is -2.77. The molecule has 0 bridgehead atoms. The molecule has 0 N–H and O–H groups in total. The lowest BCUT2D eigenvalue weighted by Crippen LogP contribution is -2.39. The van der Waals surface area contributed by atoms with Crippen LogP contribution in [0.25, 0.3) is 11.0 Å². The van der Waals surface area contributed by atoms with Crippen molar-refractivity contribution in [1.82, 2.24) is 29.7 Å². The molecule has 0 unspecified atom stereocenters. The van der Waals surface area contributed by atoms with Gasteiger partial charge in [-0.15, -0.1) is 0 Å². The Bertz CT molecular complexity index is 899. The Kier molecular flexibility index (Phi) is 3.95. The first kappa shape index (κ1) is 15.7. The zero-order valence-electron chi connectivity index (χ0n) is 14.7. The average Bonchev–Trinajstić information content (AvgIpc) is 2.96. The van der Waals surface area contributed by atoms with Gasteiger partial charge < -0.3 is 9.64 Å². The van der Waals surface area contributed by atoms with Crippen LogP contribution in [0.4, 0.5) is 5.82 Å². The van der Waals surface area contributed by atoms with Crippen molar-refractivity contribution < 1.29 is 4.74 Å². The summed E-state index contributed by atoms with van der Waals surface area (Å²) in [6.45, 7) is 5.59. The Morgan fingerprint density at radius 2 is 1.84 bits per heavy atom. The van der Waals surface area contributed by atoms with E-state index in [0.717, 1.165) is 54.3 Å². The highest BCUT2D eigenvalue weighted by Crippen LogP contribution is 2.27. The van der Waals surface area contributed by atoms with E-state index in [-0.39, 0.29) is 6.10 Å². The van der Waals surface area contributed by atoms with Gasteiger partial charge in [-0.25, -0.2) is 15.0 Å². The number of rotatable bonds is 3. The summed E-state index contributed by atoms with van der Waals surface area (Å²) in [5, 5.41) is 5.32. The molecule has 0 saturated carbocycles. The summed E-state index contributed by atoms with van der Waals surface area (Å²) in [5.74, 6) is 2.33. The number of anilines is 1. The molecule has 8 nitrogen and oxygen atoms in total. The van der Waals surface area contributed by atoms with Crippen molar-refractivity contribution in [2.75, 3.05) is 18.0 Å². The maximum Gasteiger partial charge on any atom is 0.232 e. The minimum atomic E-state index is 0.152. The molecule has 1 saturated heterocycles. The van der Waals surface area contributed by atoms with Crippen LogP contribution in [0.15, 0.2) is 18.6 Å². The Labute approximate surface area is 145 Å². The predicted octanol–water partition coefficient (Wildman–Crippen LogP) is 1.82. The first-order valence-electron chi connectivity index (χ1n) is 8.47. The van der Waals surface area contributed by atoms with Gasteiger partial charge in [0.2, 0.25) is 5.88 Å². The normalized spacial score (nSPS) is 15.7. The van der Waals surface area contributed by atoms with Crippen LogP contribution in [0, 0.1) is 13.8 Å². The number of aromatic nitrogens is 6. The summed E-state index contributed by atoms with van der Waals surface area (Å²) in [6.07, 6.45) is 7.23. The van der Waals surface area contributed by atoms with Crippen LogP contribution < -0.4 is 9.64 Å². The first-order chi connectivity index (χ1) is 12.1. The number of ether oxygens (including phenoxy) is 1. The topological polar surface area (TPSA) is 81.9 Å². The molecule has 1 fully saturated rings. The van der Waals surface area contributed by atoms with E-state index >= 15 is 0 Å². The van der Waals surface area contributed by atoms with E-state index in [0.29, 0.717) is 5.88 Å². The number of nitrogens with zero attached hydrogens (tertiary/aromatic N) is 7. The van der Waals surface area contributed by atoms with E-state index in [2.05, 4.69) is 29.9 Å². The second-order valence-corrected chi connectivity index (χ2v) is 6.40. The van der Waals surface area contributed by atoms with E-state index in [9.17, 15) is 0 Å². The summed E-state index contributed by atoms with van der Waals surface area (Å²) >= 11 is 0. The SMILES string of the molecule is Cc1cncc(OC2CCN(c3nc(C)nc4c3cnn4C)CC2)n1. The van der Waals surface area contributed by atoms with Crippen molar-refractivity contribution in [2.24, 2.45) is 7.05 Å². The van der Waals surface area contributed by atoms with E-state index in [4.69, 9.17) is 4.74 Å². The largest absolute Gasteiger partial charge is 0.473 e. The van der Waals surface area contributed by atoms with Crippen molar-refractivity contribution in [3.8, 4) is 5.88 Å². The van der Waals surface area contributed by atoms with Gasteiger partial charge in [0.1, 0.15) is 17.7 Å². The van der Waals surface area contributed by atoms with E-state index in [1.54, 1.807) is 17.1 Å². The fourth-order valence-corrected chi connectivity index (χ4v) is 3.21. The molecule has 4 rings (SSSR count). The molecule has 1 aliphatic rings. The molecule has 1 aliphatic heterocycles. The van der Waals surface area contributed by atoms with Crippen molar-refractivity contribution in [3.05, 3.63) is 30.1 Å². The van der Waals surface area contributed by atoms with Crippen molar-refractivity contribution in [3.63, 3.8) is 0 Å². The van der Waals surface area contributed by atoms with Crippen molar-refractivity contribution in [2.45, 2.75) is 32.8 Å². The minimum absolute atomic E-state index is 0.152. The van der Waals surface area contributed by atoms with Gasteiger partial charge in [0.05, 0.1) is 23.5 Å². The van der Waals surface area contributed by atoms with Crippen LogP contribution in [0.5, 0.6) is 5.88 Å². The van der Waals surface area contributed by atoms with Gasteiger partial charge in [-0.1, -0.05) is 0 Å². The molecule has 0 atom stereocenters. The summed E-state index contributed by atoms with van der Waals surface area (Å²) in [6, 6.07) is 0. The molecular weight excluding hydrogens is 318 g/mol. The van der Waals surface area contributed by atoms with Crippen LogP contribution in [0.3, 0.4) is 0 Å². The van der Waals surface area contributed by atoms with E-state index < -0.39 is 0 Å². The fraction of sp³-hybridized carbons (Fsp3) is 0.471. The van der Waals surface area contributed by atoms with E-state index in [1.807, 2.05) is 27.1 Å². The zero-order valence-corrected chi connectivity index (χ0v) is 14.7. The molecule has 130 valence electrons. The predicted molar refractivity (Wildman–Crippen MR) is 93.7 cm³/mol. The average molecular weight is 339 g/mol. The van der Waals surface area contributed by atoms with Gasteiger partial charge in [-0.3, -0.25) is 9.67 Å². The molecule has 0 aromatic carbocycles. The van der Waals surface area contributed by atoms with Gasteiger partial charge in [0.15, 0.2) is 5.65 Å². The second kappa shape index (κ2) is 6.27. The molecular formula is C17H21N7O. The van der Waals surface area contributed by atoms with Crippen LogP contribution in [-0.2, 0) is 7.05 Å². The molecule has 3 aromatic rings. The molecule has 0 spiro atoms. The maximum atomic E-state index is 5.99. The lowest BCUT2D eigenvalue weighted by Gasteiger charge is -2.33. The molecule has 4 heterocycles.